The summed E-state index contributed by atoms with van der Waals surface area (Å²) in [5.41, 5.74) is 0.596. The zero-order chi connectivity index (χ0) is 15.5. The number of carbonyl (C=O) groups excluding carboxylic acids is 1. The van der Waals surface area contributed by atoms with Gasteiger partial charge in [-0.1, -0.05) is 0 Å². The molecule has 0 bridgehead atoms. The second kappa shape index (κ2) is 6.36. The zero-order valence-corrected chi connectivity index (χ0v) is 13.6. The van der Waals surface area contributed by atoms with Gasteiger partial charge in [-0.3, -0.25) is 9.78 Å². The summed E-state index contributed by atoms with van der Waals surface area (Å²) in [6.07, 6.45) is 3.38. The number of likely N-dealkylation sites (tertiary alicyclic amines) is 1. The SMILES string of the molecule is COc1ccc(Br)c(C(=O)N2CC(Oc3cccnc3)C2)c1. The van der Waals surface area contributed by atoms with Gasteiger partial charge in [0, 0.05) is 10.7 Å². The average molecular weight is 363 g/mol. The number of hydrogen-bond acceptors (Lipinski definition) is 4. The van der Waals surface area contributed by atoms with Gasteiger partial charge in [0.15, 0.2) is 0 Å². The highest BCUT2D eigenvalue weighted by Gasteiger charge is 2.33. The number of ether oxygens (including phenoxy) is 2. The van der Waals surface area contributed by atoms with Gasteiger partial charge in [-0.2, -0.15) is 0 Å². The molecule has 0 spiro atoms. The van der Waals surface area contributed by atoms with Crippen LogP contribution in [-0.4, -0.2) is 42.1 Å². The second-order valence-electron chi connectivity index (χ2n) is 4.98. The monoisotopic (exact) mass is 362 g/mol. The predicted octanol–water partition coefficient (Wildman–Crippen LogP) is 2.76. The normalized spacial score (nSPS) is 14.4. The van der Waals surface area contributed by atoms with E-state index < -0.39 is 0 Å². The average Bonchev–Trinajstić information content (AvgIpc) is 2.51. The van der Waals surface area contributed by atoms with Crippen LogP contribution in [0.2, 0.25) is 0 Å². The molecule has 0 saturated carbocycles. The highest BCUT2D eigenvalue weighted by atomic mass is 79.9. The molecule has 1 amide bonds. The fraction of sp³-hybridized carbons (Fsp3) is 0.250. The van der Waals surface area contributed by atoms with Crippen LogP contribution >= 0.6 is 15.9 Å². The molecule has 1 saturated heterocycles. The molecule has 2 heterocycles. The van der Waals surface area contributed by atoms with Gasteiger partial charge in [-0.25, -0.2) is 0 Å². The Bertz CT molecular complexity index is 672. The topological polar surface area (TPSA) is 51.7 Å². The number of benzene rings is 1. The van der Waals surface area contributed by atoms with Gasteiger partial charge in [0.2, 0.25) is 0 Å². The van der Waals surface area contributed by atoms with E-state index in [1.807, 2.05) is 24.3 Å². The van der Waals surface area contributed by atoms with Crippen molar-refractivity contribution in [3.8, 4) is 11.5 Å². The Kier molecular flexibility index (Phi) is 4.29. The lowest BCUT2D eigenvalue weighted by Gasteiger charge is -2.39. The third-order valence-electron chi connectivity index (χ3n) is 3.48. The zero-order valence-electron chi connectivity index (χ0n) is 12.0. The fourth-order valence-corrected chi connectivity index (χ4v) is 2.67. The summed E-state index contributed by atoms with van der Waals surface area (Å²) in [4.78, 5) is 18.2. The molecule has 1 aliphatic rings. The summed E-state index contributed by atoms with van der Waals surface area (Å²) in [7, 11) is 1.58. The maximum absolute atomic E-state index is 12.5. The van der Waals surface area contributed by atoms with Crippen LogP contribution < -0.4 is 9.47 Å². The van der Waals surface area contributed by atoms with E-state index in [2.05, 4.69) is 20.9 Å². The summed E-state index contributed by atoms with van der Waals surface area (Å²) in [5.74, 6) is 1.36. The van der Waals surface area contributed by atoms with Crippen LogP contribution in [0.5, 0.6) is 11.5 Å². The number of aromatic nitrogens is 1. The van der Waals surface area contributed by atoms with Crippen molar-refractivity contribution in [3.63, 3.8) is 0 Å². The highest BCUT2D eigenvalue weighted by molar-refractivity contribution is 9.10. The van der Waals surface area contributed by atoms with E-state index in [1.165, 1.54) is 0 Å². The van der Waals surface area contributed by atoms with E-state index in [9.17, 15) is 4.79 Å². The van der Waals surface area contributed by atoms with E-state index in [0.29, 0.717) is 24.4 Å². The molecule has 114 valence electrons. The standard InChI is InChI=1S/C16H15BrN2O3/c1-21-11-4-5-15(17)14(7-11)16(20)19-9-13(10-19)22-12-3-2-6-18-8-12/h2-8,13H,9-10H2,1H3. The Morgan fingerprint density at radius 3 is 2.82 bits per heavy atom. The summed E-state index contributed by atoms with van der Waals surface area (Å²) in [6, 6.07) is 9.04. The Hall–Kier alpha value is -2.08. The van der Waals surface area contributed by atoms with Crippen molar-refractivity contribution in [1.82, 2.24) is 9.88 Å². The van der Waals surface area contributed by atoms with E-state index in [0.717, 1.165) is 10.2 Å². The largest absolute Gasteiger partial charge is 0.497 e. The number of nitrogens with zero attached hydrogens (tertiary/aromatic N) is 2. The predicted molar refractivity (Wildman–Crippen MR) is 85.3 cm³/mol. The first-order valence-corrected chi connectivity index (χ1v) is 7.66. The molecule has 0 atom stereocenters. The number of hydrogen-bond donors (Lipinski definition) is 0. The van der Waals surface area contributed by atoms with Crippen molar-refractivity contribution in [1.29, 1.82) is 0 Å². The Morgan fingerprint density at radius 1 is 1.32 bits per heavy atom. The van der Waals surface area contributed by atoms with E-state index >= 15 is 0 Å². The summed E-state index contributed by atoms with van der Waals surface area (Å²) in [5, 5.41) is 0. The molecule has 0 radical (unpaired) electrons. The molecule has 3 rings (SSSR count). The maximum Gasteiger partial charge on any atom is 0.255 e. The van der Waals surface area contributed by atoms with Gasteiger partial charge in [-0.15, -0.1) is 0 Å². The molecule has 1 fully saturated rings. The van der Waals surface area contributed by atoms with Crippen molar-refractivity contribution >= 4 is 21.8 Å². The van der Waals surface area contributed by atoms with E-state index in [4.69, 9.17) is 9.47 Å². The van der Waals surface area contributed by atoms with Crippen molar-refractivity contribution in [2.24, 2.45) is 0 Å². The number of halogens is 1. The first-order valence-electron chi connectivity index (χ1n) is 6.87. The van der Waals surface area contributed by atoms with Gasteiger partial charge in [0.25, 0.3) is 5.91 Å². The smallest absolute Gasteiger partial charge is 0.255 e. The Morgan fingerprint density at radius 2 is 2.14 bits per heavy atom. The van der Waals surface area contributed by atoms with Gasteiger partial charge < -0.3 is 14.4 Å². The van der Waals surface area contributed by atoms with Crippen LogP contribution in [0.1, 0.15) is 10.4 Å². The lowest BCUT2D eigenvalue weighted by atomic mass is 10.1. The highest BCUT2D eigenvalue weighted by Crippen LogP contribution is 2.26. The second-order valence-corrected chi connectivity index (χ2v) is 5.84. The Labute approximate surface area is 137 Å². The summed E-state index contributed by atoms with van der Waals surface area (Å²) >= 11 is 3.41. The number of amides is 1. The minimum Gasteiger partial charge on any atom is -0.497 e. The van der Waals surface area contributed by atoms with Gasteiger partial charge in [0.1, 0.15) is 17.6 Å². The van der Waals surface area contributed by atoms with Crippen LogP contribution in [0.15, 0.2) is 47.2 Å². The molecular weight excluding hydrogens is 348 g/mol. The Balaban J connectivity index is 1.62. The van der Waals surface area contributed by atoms with Crippen molar-refractivity contribution < 1.29 is 14.3 Å². The third-order valence-corrected chi connectivity index (χ3v) is 4.17. The lowest BCUT2D eigenvalue weighted by Crippen LogP contribution is -2.56. The van der Waals surface area contributed by atoms with Gasteiger partial charge in [0.05, 0.1) is 32.0 Å². The molecule has 2 aromatic rings. The molecular formula is C16H15BrN2O3. The molecule has 0 unspecified atom stereocenters. The van der Waals surface area contributed by atoms with Gasteiger partial charge >= 0.3 is 0 Å². The van der Waals surface area contributed by atoms with Crippen LogP contribution in [0.3, 0.4) is 0 Å². The minimum atomic E-state index is -0.0307. The van der Waals surface area contributed by atoms with Crippen LogP contribution in [0, 0.1) is 0 Å². The molecule has 0 N–H and O–H groups in total. The minimum absolute atomic E-state index is 0.0116. The molecule has 1 aromatic carbocycles. The number of methoxy groups -OCH3 is 1. The molecule has 6 heteroatoms. The molecule has 5 nitrogen and oxygen atoms in total. The van der Waals surface area contributed by atoms with Crippen molar-refractivity contribution in [3.05, 3.63) is 52.8 Å². The van der Waals surface area contributed by atoms with Crippen LogP contribution in [-0.2, 0) is 0 Å². The van der Waals surface area contributed by atoms with Crippen LogP contribution in [0.25, 0.3) is 0 Å². The summed E-state index contributed by atoms with van der Waals surface area (Å²) in [6.45, 7) is 1.13. The first-order chi connectivity index (χ1) is 10.7. The van der Waals surface area contributed by atoms with Gasteiger partial charge in [-0.05, 0) is 46.3 Å². The first kappa shape index (κ1) is 14.8. The summed E-state index contributed by atoms with van der Waals surface area (Å²) < 4.78 is 11.7. The van der Waals surface area contributed by atoms with Crippen molar-refractivity contribution in [2.45, 2.75) is 6.10 Å². The maximum atomic E-state index is 12.5. The van der Waals surface area contributed by atoms with Crippen molar-refractivity contribution in [2.75, 3.05) is 20.2 Å². The lowest BCUT2D eigenvalue weighted by molar-refractivity contribution is 0.0175. The van der Waals surface area contributed by atoms with E-state index in [1.54, 1.807) is 30.5 Å². The number of rotatable bonds is 4. The fourth-order valence-electron chi connectivity index (χ4n) is 2.25. The molecule has 0 aliphatic carbocycles. The molecule has 1 aliphatic heterocycles. The van der Waals surface area contributed by atoms with E-state index in [-0.39, 0.29) is 12.0 Å². The quantitative estimate of drug-likeness (QED) is 0.838. The van der Waals surface area contributed by atoms with Crippen LogP contribution in [0.4, 0.5) is 0 Å². The molecule has 22 heavy (non-hydrogen) atoms. The molecule has 1 aromatic heterocycles. The number of carbonyl (C=O) groups is 1. The number of pyridine rings is 1. The third kappa shape index (κ3) is 3.06.